The van der Waals surface area contributed by atoms with Gasteiger partial charge in [-0.25, -0.2) is 9.78 Å². The van der Waals surface area contributed by atoms with E-state index in [1.807, 2.05) is 6.92 Å². The number of rotatable bonds is 7. The van der Waals surface area contributed by atoms with Crippen molar-refractivity contribution in [3.8, 4) is 0 Å². The molecule has 1 fully saturated rings. The van der Waals surface area contributed by atoms with Crippen LogP contribution in [-0.2, 0) is 6.42 Å². The molecule has 1 aliphatic rings. The number of aromatic carboxylic acids is 1. The third kappa shape index (κ3) is 4.22. The first-order chi connectivity index (χ1) is 9.69. The van der Waals surface area contributed by atoms with Crippen LogP contribution in [0, 0.1) is 5.92 Å². The van der Waals surface area contributed by atoms with Gasteiger partial charge in [-0.3, -0.25) is 0 Å². The Balaban J connectivity index is 1.84. The fraction of sp³-hybridized carbons (Fsp3) is 0.625. The number of anilines is 1. The molecular formula is C16H24N2O2. The number of aromatic nitrogens is 1. The highest BCUT2D eigenvalue weighted by atomic mass is 16.4. The first-order valence-electron chi connectivity index (χ1n) is 7.67. The van der Waals surface area contributed by atoms with Crippen molar-refractivity contribution in [3.63, 3.8) is 0 Å². The number of carbonyl (C=O) groups is 1. The van der Waals surface area contributed by atoms with E-state index in [9.17, 15) is 4.79 Å². The SMILES string of the molecule is CCc1cc(C(=O)O)cc(NCCCC2CCCC2)n1. The molecule has 0 aromatic carbocycles. The summed E-state index contributed by atoms with van der Waals surface area (Å²) in [4.78, 5) is 15.5. The summed E-state index contributed by atoms with van der Waals surface area (Å²) >= 11 is 0. The van der Waals surface area contributed by atoms with E-state index in [0.717, 1.165) is 31.0 Å². The molecule has 1 aliphatic carbocycles. The van der Waals surface area contributed by atoms with Crippen LogP contribution < -0.4 is 5.32 Å². The molecule has 1 aromatic heterocycles. The van der Waals surface area contributed by atoms with E-state index in [-0.39, 0.29) is 0 Å². The van der Waals surface area contributed by atoms with Crippen molar-refractivity contribution in [1.82, 2.24) is 4.98 Å². The summed E-state index contributed by atoms with van der Waals surface area (Å²) < 4.78 is 0. The molecule has 0 spiro atoms. The molecule has 0 amide bonds. The van der Waals surface area contributed by atoms with Crippen LogP contribution in [-0.4, -0.2) is 22.6 Å². The molecule has 0 bridgehead atoms. The Hall–Kier alpha value is -1.58. The zero-order chi connectivity index (χ0) is 14.4. The van der Waals surface area contributed by atoms with Gasteiger partial charge >= 0.3 is 5.97 Å². The number of nitrogens with one attached hydrogen (secondary N) is 1. The van der Waals surface area contributed by atoms with Crippen molar-refractivity contribution < 1.29 is 9.90 Å². The standard InChI is InChI=1S/C16H24N2O2/c1-2-14-10-13(16(19)20)11-15(18-14)17-9-5-8-12-6-3-4-7-12/h10-12H,2-9H2,1H3,(H,17,18)(H,19,20). The maximum Gasteiger partial charge on any atom is 0.335 e. The van der Waals surface area contributed by atoms with E-state index in [0.29, 0.717) is 11.4 Å². The van der Waals surface area contributed by atoms with E-state index in [4.69, 9.17) is 5.11 Å². The normalized spacial score (nSPS) is 15.4. The smallest absolute Gasteiger partial charge is 0.335 e. The Kier molecular flexibility index (Phi) is 5.39. The minimum absolute atomic E-state index is 0.315. The Bertz CT molecular complexity index is 454. The summed E-state index contributed by atoms with van der Waals surface area (Å²) in [5, 5.41) is 12.4. The minimum Gasteiger partial charge on any atom is -0.478 e. The average molecular weight is 276 g/mol. The lowest BCUT2D eigenvalue weighted by Crippen LogP contribution is -2.08. The molecule has 1 aromatic rings. The Morgan fingerprint density at radius 3 is 2.80 bits per heavy atom. The Morgan fingerprint density at radius 2 is 2.15 bits per heavy atom. The molecule has 2 N–H and O–H groups in total. The van der Waals surface area contributed by atoms with Crippen molar-refractivity contribution >= 4 is 11.8 Å². The van der Waals surface area contributed by atoms with Crippen LogP contribution >= 0.6 is 0 Å². The number of hydrogen-bond acceptors (Lipinski definition) is 3. The van der Waals surface area contributed by atoms with Gasteiger partial charge in [0.05, 0.1) is 5.56 Å². The first kappa shape index (κ1) is 14.8. The van der Waals surface area contributed by atoms with Crippen molar-refractivity contribution in [2.75, 3.05) is 11.9 Å². The van der Waals surface area contributed by atoms with Gasteiger partial charge in [-0.1, -0.05) is 32.6 Å². The summed E-state index contributed by atoms with van der Waals surface area (Å²) in [6.07, 6.45) is 8.69. The molecule has 0 aliphatic heterocycles. The van der Waals surface area contributed by atoms with E-state index >= 15 is 0 Å². The van der Waals surface area contributed by atoms with Gasteiger partial charge in [0.2, 0.25) is 0 Å². The number of pyridine rings is 1. The minimum atomic E-state index is -0.892. The average Bonchev–Trinajstić information content (AvgIpc) is 2.96. The third-order valence-electron chi connectivity index (χ3n) is 4.06. The number of carboxylic acid groups (broad SMARTS) is 1. The molecule has 2 rings (SSSR count). The topological polar surface area (TPSA) is 62.2 Å². The summed E-state index contributed by atoms with van der Waals surface area (Å²) in [6.45, 7) is 2.85. The quantitative estimate of drug-likeness (QED) is 0.745. The first-order valence-corrected chi connectivity index (χ1v) is 7.67. The lowest BCUT2D eigenvalue weighted by molar-refractivity contribution is 0.0696. The largest absolute Gasteiger partial charge is 0.478 e. The van der Waals surface area contributed by atoms with Crippen LogP contribution in [0.1, 0.15) is 61.5 Å². The number of hydrogen-bond donors (Lipinski definition) is 2. The third-order valence-corrected chi connectivity index (χ3v) is 4.06. The van der Waals surface area contributed by atoms with E-state index < -0.39 is 5.97 Å². The van der Waals surface area contributed by atoms with Gasteiger partial charge in [0.15, 0.2) is 0 Å². The van der Waals surface area contributed by atoms with Crippen molar-refractivity contribution in [3.05, 3.63) is 23.4 Å². The number of aryl methyl sites for hydroxylation is 1. The van der Waals surface area contributed by atoms with Crippen molar-refractivity contribution in [2.24, 2.45) is 5.92 Å². The predicted molar refractivity (Wildman–Crippen MR) is 80.3 cm³/mol. The number of nitrogens with zero attached hydrogens (tertiary/aromatic N) is 1. The van der Waals surface area contributed by atoms with Gasteiger partial charge in [-0.2, -0.15) is 0 Å². The van der Waals surface area contributed by atoms with Crippen molar-refractivity contribution in [2.45, 2.75) is 51.9 Å². The fourth-order valence-corrected chi connectivity index (χ4v) is 2.89. The monoisotopic (exact) mass is 276 g/mol. The van der Waals surface area contributed by atoms with Crippen LogP contribution in [0.25, 0.3) is 0 Å². The summed E-state index contributed by atoms with van der Waals surface area (Å²) in [5.41, 5.74) is 1.14. The van der Waals surface area contributed by atoms with Gasteiger partial charge in [-0.05, 0) is 37.3 Å². The highest BCUT2D eigenvalue weighted by Gasteiger charge is 2.14. The van der Waals surface area contributed by atoms with Crippen LogP contribution in [0.3, 0.4) is 0 Å². The molecule has 1 saturated carbocycles. The lowest BCUT2D eigenvalue weighted by atomic mass is 10.0. The van der Waals surface area contributed by atoms with Gasteiger partial charge in [0.1, 0.15) is 5.82 Å². The molecule has 0 radical (unpaired) electrons. The van der Waals surface area contributed by atoms with Crippen LogP contribution in [0.15, 0.2) is 12.1 Å². The van der Waals surface area contributed by atoms with Gasteiger partial charge in [0.25, 0.3) is 0 Å². The molecule has 110 valence electrons. The van der Waals surface area contributed by atoms with Crippen LogP contribution in [0.4, 0.5) is 5.82 Å². The summed E-state index contributed by atoms with van der Waals surface area (Å²) in [5.74, 6) is 0.700. The van der Waals surface area contributed by atoms with Crippen LogP contribution in [0.2, 0.25) is 0 Å². The zero-order valence-corrected chi connectivity index (χ0v) is 12.2. The molecule has 4 nitrogen and oxygen atoms in total. The Labute approximate surface area is 120 Å². The highest BCUT2D eigenvalue weighted by Crippen LogP contribution is 2.28. The second kappa shape index (κ2) is 7.27. The molecule has 0 saturated heterocycles. The van der Waals surface area contributed by atoms with Crippen LogP contribution in [0.5, 0.6) is 0 Å². The second-order valence-electron chi connectivity index (χ2n) is 5.61. The van der Waals surface area contributed by atoms with Gasteiger partial charge in [0, 0.05) is 12.2 Å². The van der Waals surface area contributed by atoms with Crippen molar-refractivity contribution in [1.29, 1.82) is 0 Å². The zero-order valence-electron chi connectivity index (χ0n) is 12.2. The Morgan fingerprint density at radius 1 is 1.40 bits per heavy atom. The van der Waals surface area contributed by atoms with Gasteiger partial charge < -0.3 is 10.4 Å². The van der Waals surface area contributed by atoms with E-state index in [1.165, 1.54) is 32.1 Å². The van der Waals surface area contributed by atoms with E-state index in [2.05, 4.69) is 10.3 Å². The fourth-order valence-electron chi connectivity index (χ4n) is 2.89. The predicted octanol–water partition coefficient (Wildman–Crippen LogP) is 3.72. The molecule has 20 heavy (non-hydrogen) atoms. The lowest BCUT2D eigenvalue weighted by Gasteiger charge is -2.11. The van der Waals surface area contributed by atoms with Gasteiger partial charge in [-0.15, -0.1) is 0 Å². The molecule has 4 heteroatoms. The summed E-state index contributed by atoms with van der Waals surface area (Å²) in [7, 11) is 0. The maximum atomic E-state index is 11.1. The maximum absolute atomic E-state index is 11.1. The molecule has 1 heterocycles. The second-order valence-corrected chi connectivity index (χ2v) is 5.61. The molecular weight excluding hydrogens is 252 g/mol. The molecule has 0 unspecified atom stereocenters. The number of carboxylic acids is 1. The highest BCUT2D eigenvalue weighted by molar-refractivity contribution is 5.88. The summed E-state index contributed by atoms with van der Waals surface area (Å²) in [6, 6.07) is 3.27. The molecule has 0 atom stereocenters. The van der Waals surface area contributed by atoms with E-state index in [1.54, 1.807) is 12.1 Å².